The highest BCUT2D eigenvalue weighted by Crippen LogP contribution is 2.07. The van der Waals surface area contributed by atoms with Crippen molar-refractivity contribution >= 4 is 41.4 Å². The molecule has 0 radical (unpaired) electrons. The van der Waals surface area contributed by atoms with E-state index in [1.165, 1.54) is 18.7 Å². The zero-order valence-electron chi connectivity index (χ0n) is 19.5. The predicted molar refractivity (Wildman–Crippen MR) is 128 cm³/mol. The molecule has 13 heteroatoms. The Balaban J connectivity index is 3.09. The van der Waals surface area contributed by atoms with E-state index in [0.717, 1.165) is 0 Å². The van der Waals surface area contributed by atoms with E-state index in [1.54, 1.807) is 36.6 Å². The summed E-state index contributed by atoms with van der Waals surface area (Å²) in [6.45, 7) is 1.33. The first-order chi connectivity index (χ1) is 16.5. The van der Waals surface area contributed by atoms with E-state index < -0.39 is 66.4 Å². The molecule has 12 nitrogen and oxygen atoms in total. The number of carbonyl (C=O) groups is 5. The van der Waals surface area contributed by atoms with Crippen molar-refractivity contribution in [3.8, 4) is 0 Å². The third-order valence-corrected chi connectivity index (χ3v) is 5.62. The normalized spacial score (nSPS) is 15.1. The third kappa shape index (κ3) is 10.8. The van der Waals surface area contributed by atoms with E-state index in [9.17, 15) is 34.2 Å². The Labute approximate surface area is 207 Å². The monoisotopic (exact) mass is 512 g/mol. The fourth-order valence-electron chi connectivity index (χ4n) is 2.97. The van der Waals surface area contributed by atoms with Crippen molar-refractivity contribution in [2.45, 2.75) is 56.5 Å². The summed E-state index contributed by atoms with van der Waals surface area (Å²) < 4.78 is 0. The molecule has 194 valence electrons. The molecule has 35 heavy (non-hydrogen) atoms. The lowest BCUT2D eigenvalue weighted by molar-refractivity contribution is -0.147. The van der Waals surface area contributed by atoms with Gasteiger partial charge in [0.05, 0.1) is 12.5 Å². The van der Waals surface area contributed by atoms with Gasteiger partial charge in [-0.2, -0.15) is 11.8 Å². The van der Waals surface area contributed by atoms with Crippen LogP contribution in [0.15, 0.2) is 30.3 Å². The van der Waals surface area contributed by atoms with Crippen molar-refractivity contribution in [1.29, 1.82) is 0 Å². The molecule has 3 amide bonds. The molecule has 0 fully saturated rings. The van der Waals surface area contributed by atoms with Crippen molar-refractivity contribution < 1.29 is 39.3 Å². The molecule has 1 aromatic carbocycles. The Morgan fingerprint density at radius 1 is 0.914 bits per heavy atom. The Bertz CT molecular complexity index is 883. The van der Waals surface area contributed by atoms with Crippen molar-refractivity contribution in [2.24, 2.45) is 5.73 Å². The molecule has 0 aliphatic rings. The summed E-state index contributed by atoms with van der Waals surface area (Å²) >= 11 is 1.38. The van der Waals surface area contributed by atoms with Gasteiger partial charge in [0.25, 0.3) is 0 Å². The number of aliphatic carboxylic acids is 2. The van der Waals surface area contributed by atoms with Crippen LogP contribution in [-0.4, -0.2) is 87.3 Å². The number of hydrogen-bond acceptors (Lipinski definition) is 8. The van der Waals surface area contributed by atoms with Crippen molar-refractivity contribution in [3.05, 3.63) is 35.9 Å². The lowest BCUT2D eigenvalue weighted by Crippen LogP contribution is -2.58. The van der Waals surface area contributed by atoms with Crippen molar-refractivity contribution in [1.82, 2.24) is 16.0 Å². The van der Waals surface area contributed by atoms with Gasteiger partial charge in [-0.1, -0.05) is 30.3 Å². The molecular weight excluding hydrogens is 480 g/mol. The summed E-state index contributed by atoms with van der Waals surface area (Å²) in [5.74, 6) is -4.89. The third-order valence-electron chi connectivity index (χ3n) is 4.98. The van der Waals surface area contributed by atoms with E-state index in [-0.39, 0.29) is 12.8 Å². The van der Waals surface area contributed by atoms with Crippen LogP contribution in [0.5, 0.6) is 0 Å². The van der Waals surface area contributed by atoms with E-state index in [4.69, 9.17) is 10.8 Å². The maximum absolute atomic E-state index is 13.1. The zero-order valence-corrected chi connectivity index (χ0v) is 20.3. The largest absolute Gasteiger partial charge is 0.481 e. The fourth-order valence-corrected chi connectivity index (χ4v) is 3.44. The Kier molecular flexibility index (Phi) is 12.8. The molecule has 1 aromatic rings. The average Bonchev–Trinajstić information content (AvgIpc) is 2.80. The van der Waals surface area contributed by atoms with E-state index in [2.05, 4.69) is 16.0 Å². The molecule has 0 saturated heterocycles. The number of thioether (sulfide) groups is 1. The molecule has 0 aliphatic carbocycles. The van der Waals surface area contributed by atoms with Crippen LogP contribution in [0.2, 0.25) is 0 Å². The molecule has 0 saturated carbocycles. The van der Waals surface area contributed by atoms with Gasteiger partial charge in [-0.15, -0.1) is 0 Å². The van der Waals surface area contributed by atoms with Gasteiger partial charge in [0, 0.05) is 6.42 Å². The fraction of sp³-hybridized carbons (Fsp3) is 0.500. The Hall–Kier alpha value is -3.16. The minimum Gasteiger partial charge on any atom is -0.481 e. The molecule has 0 aromatic heterocycles. The first-order valence-corrected chi connectivity index (χ1v) is 12.2. The maximum atomic E-state index is 13.1. The van der Waals surface area contributed by atoms with Crippen LogP contribution >= 0.6 is 11.8 Å². The van der Waals surface area contributed by atoms with Gasteiger partial charge in [-0.3, -0.25) is 19.2 Å². The van der Waals surface area contributed by atoms with Gasteiger partial charge in [0.2, 0.25) is 17.7 Å². The Morgan fingerprint density at radius 3 is 1.97 bits per heavy atom. The number of rotatable bonds is 15. The van der Waals surface area contributed by atoms with Crippen molar-refractivity contribution in [2.75, 3.05) is 12.0 Å². The molecule has 5 unspecified atom stereocenters. The number of carbonyl (C=O) groups excluding carboxylic acids is 3. The van der Waals surface area contributed by atoms with Gasteiger partial charge in [-0.05, 0) is 30.9 Å². The van der Waals surface area contributed by atoms with Gasteiger partial charge in [-0.25, -0.2) is 4.79 Å². The van der Waals surface area contributed by atoms with Gasteiger partial charge < -0.3 is 37.0 Å². The van der Waals surface area contributed by atoms with Crippen LogP contribution in [0.25, 0.3) is 0 Å². The number of aliphatic hydroxyl groups is 1. The zero-order chi connectivity index (χ0) is 26.5. The first kappa shape index (κ1) is 29.9. The highest BCUT2D eigenvalue weighted by atomic mass is 32.2. The van der Waals surface area contributed by atoms with Crippen LogP contribution < -0.4 is 21.7 Å². The Morgan fingerprint density at radius 2 is 1.46 bits per heavy atom. The predicted octanol–water partition coefficient (Wildman–Crippen LogP) is -1.30. The SMILES string of the molecule is CSCCC(NC(=O)C(Cc1ccccc1)NC(=O)C(N)C(C)O)C(=O)NC(CC(=O)O)C(=O)O. The minimum atomic E-state index is -1.68. The second kappa shape index (κ2) is 15.0. The summed E-state index contributed by atoms with van der Waals surface area (Å²) in [6, 6.07) is 3.43. The number of nitrogens with one attached hydrogen (secondary N) is 3. The lowest BCUT2D eigenvalue weighted by Gasteiger charge is -2.25. The van der Waals surface area contributed by atoms with Gasteiger partial charge in [0.1, 0.15) is 24.2 Å². The second-order valence-corrected chi connectivity index (χ2v) is 8.84. The molecule has 1 rings (SSSR count). The highest BCUT2D eigenvalue weighted by molar-refractivity contribution is 7.98. The van der Waals surface area contributed by atoms with Crippen LogP contribution in [0.4, 0.5) is 0 Å². The minimum absolute atomic E-state index is 0.0541. The molecule has 0 spiro atoms. The van der Waals surface area contributed by atoms with Crippen LogP contribution in [0, 0.1) is 0 Å². The van der Waals surface area contributed by atoms with Crippen LogP contribution in [-0.2, 0) is 30.4 Å². The van der Waals surface area contributed by atoms with Gasteiger partial charge in [0.15, 0.2) is 0 Å². The molecule has 5 atom stereocenters. The summed E-state index contributed by atoms with van der Waals surface area (Å²) in [5.41, 5.74) is 6.38. The molecule has 0 bridgehead atoms. The van der Waals surface area contributed by atoms with Crippen molar-refractivity contribution in [3.63, 3.8) is 0 Å². The van der Waals surface area contributed by atoms with Gasteiger partial charge >= 0.3 is 11.9 Å². The van der Waals surface area contributed by atoms with E-state index in [1.807, 2.05) is 0 Å². The molecule has 0 heterocycles. The number of aliphatic hydroxyl groups excluding tert-OH is 1. The van der Waals surface area contributed by atoms with Crippen LogP contribution in [0.1, 0.15) is 25.3 Å². The van der Waals surface area contributed by atoms with Crippen LogP contribution in [0.3, 0.4) is 0 Å². The lowest BCUT2D eigenvalue weighted by atomic mass is 10.0. The summed E-state index contributed by atoms with van der Waals surface area (Å²) in [7, 11) is 0. The second-order valence-electron chi connectivity index (χ2n) is 7.86. The number of nitrogens with two attached hydrogens (primary N) is 1. The van der Waals surface area contributed by atoms with E-state index in [0.29, 0.717) is 11.3 Å². The first-order valence-electron chi connectivity index (χ1n) is 10.8. The smallest absolute Gasteiger partial charge is 0.326 e. The molecular formula is C22H32N4O8S. The summed E-state index contributed by atoms with van der Waals surface area (Å²) in [5, 5.41) is 34.9. The number of carboxylic acids is 2. The number of carboxylic acid groups (broad SMARTS) is 2. The topological polar surface area (TPSA) is 208 Å². The quantitative estimate of drug-likeness (QED) is 0.148. The summed E-state index contributed by atoms with van der Waals surface area (Å²) in [6.07, 6.45) is -0.0564. The molecule has 0 aliphatic heterocycles. The average molecular weight is 513 g/mol. The number of hydrogen-bond donors (Lipinski definition) is 7. The highest BCUT2D eigenvalue weighted by Gasteiger charge is 2.31. The van der Waals surface area contributed by atoms with E-state index >= 15 is 0 Å². The number of benzene rings is 1. The maximum Gasteiger partial charge on any atom is 0.326 e. The number of amides is 3. The standard InChI is InChI=1S/C22H32N4O8S/c1-12(27)18(23)21(32)25-15(10-13-6-4-3-5-7-13)20(31)24-14(8-9-35-2)19(30)26-16(22(33)34)11-17(28)29/h3-7,12,14-16,18,27H,8-11,23H2,1-2H3,(H,24,31)(H,25,32)(H,26,30)(H,28,29)(H,33,34). The summed E-state index contributed by atoms with van der Waals surface area (Å²) in [4.78, 5) is 60.6. The molecule has 8 N–H and O–H groups in total.